The largest absolute Gasteiger partial charge is 0.495 e. The van der Waals surface area contributed by atoms with Crippen molar-refractivity contribution in [1.29, 1.82) is 0 Å². The van der Waals surface area contributed by atoms with Gasteiger partial charge in [-0.2, -0.15) is 5.10 Å². The number of fused-ring (bicyclic) bond motifs is 1. The number of para-hydroxylation sites is 1. The van der Waals surface area contributed by atoms with Crippen LogP contribution in [0.15, 0.2) is 61.1 Å². The summed E-state index contributed by atoms with van der Waals surface area (Å²) in [5.41, 5.74) is 3.35. The Morgan fingerprint density at radius 3 is 2.49 bits per heavy atom. The molecule has 2 aromatic carbocycles. The lowest BCUT2D eigenvalue weighted by Crippen LogP contribution is -2.47. The summed E-state index contributed by atoms with van der Waals surface area (Å²) in [5.74, 6) is 1.61. The minimum absolute atomic E-state index is 0.0458. The number of nitrogens with one attached hydrogen (secondary N) is 1. The third-order valence-corrected chi connectivity index (χ3v) is 7.62. The van der Waals surface area contributed by atoms with Crippen molar-refractivity contribution in [3.05, 3.63) is 66.6 Å². The molecular formula is C29H34N8O2. The molecule has 4 aromatic rings. The van der Waals surface area contributed by atoms with Crippen LogP contribution in [0.1, 0.15) is 23.2 Å². The Kier molecular flexibility index (Phi) is 7.27. The van der Waals surface area contributed by atoms with Crippen molar-refractivity contribution in [2.75, 3.05) is 69.3 Å². The lowest BCUT2D eigenvalue weighted by atomic mass is 10.1. The topological polar surface area (TPSA) is 91.7 Å². The van der Waals surface area contributed by atoms with Crippen molar-refractivity contribution in [3.8, 4) is 11.4 Å². The molecular weight excluding hydrogens is 492 g/mol. The number of anilines is 2. The summed E-state index contributed by atoms with van der Waals surface area (Å²) in [7, 11) is 1.67. The van der Waals surface area contributed by atoms with Crippen molar-refractivity contribution in [2.45, 2.75) is 12.8 Å². The summed E-state index contributed by atoms with van der Waals surface area (Å²) in [5, 5.41) is 8.61. The summed E-state index contributed by atoms with van der Waals surface area (Å²) >= 11 is 0. The van der Waals surface area contributed by atoms with Crippen molar-refractivity contribution >= 4 is 28.4 Å². The normalized spacial score (nSPS) is 16.1. The third kappa shape index (κ3) is 5.24. The fourth-order valence-electron chi connectivity index (χ4n) is 5.52. The van der Waals surface area contributed by atoms with Crippen LogP contribution in [0.3, 0.4) is 0 Å². The van der Waals surface area contributed by atoms with Crippen LogP contribution in [0, 0.1) is 0 Å². The van der Waals surface area contributed by atoms with Crippen molar-refractivity contribution in [2.24, 2.45) is 0 Å². The van der Waals surface area contributed by atoms with Crippen LogP contribution >= 0.6 is 0 Å². The first-order valence-electron chi connectivity index (χ1n) is 13.6. The van der Waals surface area contributed by atoms with Gasteiger partial charge in [0.25, 0.3) is 5.91 Å². The van der Waals surface area contributed by atoms with Crippen molar-refractivity contribution in [1.82, 2.24) is 30.0 Å². The van der Waals surface area contributed by atoms with Gasteiger partial charge >= 0.3 is 0 Å². The lowest BCUT2D eigenvalue weighted by molar-refractivity contribution is 0.0949. The standard InChI is InChI=1S/C29H34N8O2/c1-39-26-10-9-22(29(38)30-11-14-34-12-5-6-13-34)19-25(26)35-15-17-36(18-16-35)27-24-20-33-37(28(24)32-21-31-27)23-7-3-2-4-8-23/h2-4,7-10,19-21H,5-6,11-18H2,1H3,(H,30,38). The molecule has 0 spiro atoms. The zero-order valence-corrected chi connectivity index (χ0v) is 22.3. The molecule has 0 atom stereocenters. The predicted octanol–water partition coefficient (Wildman–Crippen LogP) is 2.98. The van der Waals surface area contributed by atoms with Crippen LogP contribution in [-0.4, -0.2) is 90.0 Å². The number of methoxy groups -OCH3 is 1. The first kappa shape index (κ1) is 25.1. The van der Waals surface area contributed by atoms with E-state index < -0.39 is 0 Å². The second-order valence-electron chi connectivity index (χ2n) is 9.99. The molecule has 0 bridgehead atoms. The summed E-state index contributed by atoms with van der Waals surface area (Å²) < 4.78 is 7.52. The van der Waals surface area contributed by atoms with Gasteiger partial charge in [0.1, 0.15) is 17.9 Å². The number of aromatic nitrogens is 4. The van der Waals surface area contributed by atoms with Gasteiger partial charge in [-0.15, -0.1) is 0 Å². The fraction of sp³-hybridized carbons (Fsp3) is 0.379. The Hall–Kier alpha value is -4.18. The Bertz CT molecular complexity index is 1430. The van der Waals surface area contributed by atoms with Crippen LogP contribution in [0.5, 0.6) is 5.75 Å². The van der Waals surface area contributed by atoms with E-state index in [1.54, 1.807) is 13.4 Å². The number of amides is 1. The van der Waals surface area contributed by atoms with Gasteiger partial charge in [0.15, 0.2) is 5.65 Å². The van der Waals surface area contributed by atoms with Gasteiger partial charge in [-0.05, 0) is 56.3 Å². The molecule has 202 valence electrons. The fourth-order valence-corrected chi connectivity index (χ4v) is 5.52. The number of rotatable bonds is 8. The maximum Gasteiger partial charge on any atom is 0.251 e. The number of hydrogen-bond acceptors (Lipinski definition) is 8. The summed E-state index contributed by atoms with van der Waals surface area (Å²) in [4.78, 5) is 29.0. The highest BCUT2D eigenvalue weighted by Crippen LogP contribution is 2.32. The van der Waals surface area contributed by atoms with Crippen LogP contribution in [-0.2, 0) is 0 Å². The lowest BCUT2D eigenvalue weighted by Gasteiger charge is -2.37. The molecule has 2 aromatic heterocycles. The Morgan fingerprint density at radius 1 is 0.949 bits per heavy atom. The van der Waals surface area contributed by atoms with Gasteiger partial charge in [-0.3, -0.25) is 4.79 Å². The van der Waals surface area contributed by atoms with E-state index in [1.807, 2.05) is 59.4 Å². The van der Waals surface area contributed by atoms with Gasteiger partial charge in [0.2, 0.25) is 0 Å². The second-order valence-corrected chi connectivity index (χ2v) is 9.99. The molecule has 2 saturated heterocycles. The molecule has 2 aliphatic heterocycles. The van der Waals surface area contributed by atoms with Gasteiger partial charge in [-0.25, -0.2) is 14.6 Å². The molecule has 6 rings (SSSR count). The summed E-state index contributed by atoms with van der Waals surface area (Å²) in [6.45, 7) is 6.92. The van der Waals surface area contributed by atoms with Gasteiger partial charge < -0.3 is 24.8 Å². The summed E-state index contributed by atoms with van der Waals surface area (Å²) in [6, 6.07) is 15.7. The van der Waals surface area contributed by atoms with Crippen LogP contribution in [0.2, 0.25) is 0 Å². The van der Waals surface area contributed by atoms with E-state index in [1.165, 1.54) is 12.8 Å². The van der Waals surface area contributed by atoms with E-state index in [0.717, 1.165) is 79.8 Å². The quantitative estimate of drug-likeness (QED) is 0.375. The van der Waals surface area contributed by atoms with Crippen LogP contribution in [0.4, 0.5) is 11.5 Å². The molecule has 10 heteroatoms. The first-order valence-corrected chi connectivity index (χ1v) is 13.6. The zero-order valence-electron chi connectivity index (χ0n) is 22.3. The number of piperazine rings is 1. The van der Waals surface area contributed by atoms with E-state index >= 15 is 0 Å². The van der Waals surface area contributed by atoms with Crippen molar-refractivity contribution < 1.29 is 9.53 Å². The molecule has 0 aliphatic carbocycles. The maximum absolute atomic E-state index is 12.9. The SMILES string of the molecule is COc1ccc(C(=O)NCCN2CCCC2)cc1N1CCN(c2ncnc3c2cnn3-c2ccccc2)CC1. The predicted molar refractivity (Wildman–Crippen MR) is 152 cm³/mol. The van der Waals surface area contributed by atoms with Crippen LogP contribution in [0.25, 0.3) is 16.7 Å². The molecule has 0 radical (unpaired) electrons. The van der Waals surface area contributed by atoms with E-state index in [2.05, 4.69) is 35.1 Å². The van der Waals surface area contributed by atoms with E-state index in [4.69, 9.17) is 4.74 Å². The molecule has 1 N–H and O–H groups in total. The zero-order chi connectivity index (χ0) is 26.6. The molecule has 0 saturated carbocycles. The minimum Gasteiger partial charge on any atom is -0.495 e. The number of carbonyl (C=O) groups is 1. The highest BCUT2D eigenvalue weighted by Gasteiger charge is 2.24. The van der Waals surface area contributed by atoms with E-state index in [0.29, 0.717) is 12.1 Å². The summed E-state index contributed by atoms with van der Waals surface area (Å²) in [6.07, 6.45) is 5.96. The third-order valence-electron chi connectivity index (χ3n) is 7.62. The smallest absolute Gasteiger partial charge is 0.251 e. The average molecular weight is 527 g/mol. The molecule has 10 nitrogen and oxygen atoms in total. The second kappa shape index (κ2) is 11.3. The van der Waals surface area contributed by atoms with Crippen LogP contribution < -0.4 is 19.9 Å². The Balaban J connectivity index is 1.14. The van der Waals surface area contributed by atoms with Gasteiger partial charge in [0, 0.05) is 44.8 Å². The van der Waals surface area contributed by atoms with Gasteiger partial charge in [0.05, 0.1) is 30.1 Å². The number of carbonyl (C=O) groups excluding carboxylic acids is 1. The average Bonchev–Trinajstić information content (AvgIpc) is 3.68. The van der Waals surface area contributed by atoms with E-state index in [-0.39, 0.29) is 5.91 Å². The Labute approximate surface area is 228 Å². The molecule has 2 fully saturated rings. The highest BCUT2D eigenvalue weighted by molar-refractivity contribution is 5.95. The van der Waals surface area contributed by atoms with Gasteiger partial charge in [-0.1, -0.05) is 18.2 Å². The maximum atomic E-state index is 12.9. The molecule has 39 heavy (non-hydrogen) atoms. The van der Waals surface area contributed by atoms with E-state index in [9.17, 15) is 4.79 Å². The number of nitrogens with zero attached hydrogens (tertiary/aromatic N) is 7. The highest BCUT2D eigenvalue weighted by atomic mass is 16.5. The molecule has 0 unspecified atom stereocenters. The van der Waals surface area contributed by atoms with Crippen molar-refractivity contribution in [3.63, 3.8) is 0 Å². The minimum atomic E-state index is -0.0458. The molecule has 2 aliphatic rings. The Morgan fingerprint density at radius 2 is 1.72 bits per heavy atom. The molecule has 1 amide bonds. The monoisotopic (exact) mass is 526 g/mol. The first-order chi connectivity index (χ1) is 19.2. The number of likely N-dealkylation sites (tertiary alicyclic amines) is 1. The number of hydrogen-bond donors (Lipinski definition) is 1. The molecule has 4 heterocycles. The number of benzene rings is 2. The number of ether oxygens (including phenoxy) is 1.